The highest BCUT2D eigenvalue weighted by Gasteiger charge is 2.23. The molecule has 3 rings (SSSR count). The van der Waals surface area contributed by atoms with Gasteiger partial charge in [-0.3, -0.25) is 4.79 Å². The highest BCUT2D eigenvalue weighted by Crippen LogP contribution is 2.21. The zero-order chi connectivity index (χ0) is 20.1. The van der Waals surface area contributed by atoms with Gasteiger partial charge < -0.3 is 25.0 Å². The first-order valence-electron chi connectivity index (χ1n) is 8.87. The van der Waals surface area contributed by atoms with E-state index >= 15 is 0 Å². The normalized spacial score (nSPS) is 13.9. The lowest BCUT2D eigenvalue weighted by atomic mass is 10.2. The summed E-state index contributed by atoms with van der Waals surface area (Å²) in [5.74, 6) is -0.0599. The Morgan fingerprint density at radius 1 is 1.07 bits per heavy atom. The van der Waals surface area contributed by atoms with Crippen LogP contribution in [-0.4, -0.2) is 56.7 Å². The second-order valence-corrected chi connectivity index (χ2v) is 6.81. The van der Waals surface area contributed by atoms with Crippen LogP contribution in [0, 0.1) is 0 Å². The molecule has 2 aromatic rings. The summed E-state index contributed by atoms with van der Waals surface area (Å²) in [6.45, 7) is 2.22. The van der Waals surface area contributed by atoms with Crippen molar-refractivity contribution >= 4 is 34.9 Å². The molecule has 0 unspecified atom stereocenters. The molecule has 1 saturated heterocycles. The van der Waals surface area contributed by atoms with Gasteiger partial charge in [0.1, 0.15) is 5.75 Å². The fourth-order valence-electron chi connectivity index (χ4n) is 3.02. The summed E-state index contributed by atoms with van der Waals surface area (Å²) in [5, 5.41) is 0.430. The van der Waals surface area contributed by atoms with Crippen molar-refractivity contribution in [1.29, 1.82) is 0 Å². The summed E-state index contributed by atoms with van der Waals surface area (Å²) in [4.78, 5) is 28.4. The SMILES string of the molecule is COc1ccc(N2CCN(C(=O)COC(=O)c3ccc(Cl)cc3N)CC2)cc1. The molecule has 28 heavy (non-hydrogen) atoms. The third kappa shape index (κ3) is 4.67. The summed E-state index contributed by atoms with van der Waals surface area (Å²) in [5.41, 5.74) is 7.26. The number of rotatable bonds is 5. The lowest BCUT2D eigenvalue weighted by Gasteiger charge is -2.36. The molecule has 7 nitrogen and oxygen atoms in total. The van der Waals surface area contributed by atoms with Gasteiger partial charge in [-0.15, -0.1) is 0 Å². The number of amides is 1. The number of piperazine rings is 1. The molecule has 1 amide bonds. The maximum atomic E-state index is 12.4. The minimum absolute atomic E-state index is 0.196. The summed E-state index contributed by atoms with van der Waals surface area (Å²) in [6.07, 6.45) is 0. The van der Waals surface area contributed by atoms with Gasteiger partial charge in [-0.05, 0) is 42.5 Å². The lowest BCUT2D eigenvalue weighted by Crippen LogP contribution is -2.49. The Balaban J connectivity index is 1.49. The van der Waals surface area contributed by atoms with E-state index in [1.54, 1.807) is 18.1 Å². The van der Waals surface area contributed by atoms with Crippen LogP contribution < -0.4 is 15.4 Å². The molecule has 2 N–H and O–H groups in total. The predicted molar refractivity (Wildman–Crippen MR) is 108 cm³/mol. The fourth-order valence-corrected chi connectivity index (χ4v) is 3.20. The van der Waals surface area contributed by atoms with Crippen molar-refractivity contribution < 1.29 is 19.1 Å². The smallest absolute Gasteiger partial charge is 0.340 e. The number of ether oxygens (including phenoxy) is 2. The number of methoxy groups -OCH3 is 1. The molecule has 0 bridgehead atoms. The van der Waals surface area contributed by atoms with Crippen molar-refractivity contribution in [2.24, 2.45) is 0 Å². The summed E-state index contributed by atoms with van der Waals surface area (Å²) in [7, 11) is 1.63. The van der Waals surface area contributed by atoms with Crippen LogP contribution in [0.3, 0.4) is 0 Å². The molecule has 8 heteroatoms. The first kappa shape index (κ1) is 19.8. The minimum Gasteiger partial charge on any atom is -0.497 e. The monoisotopic (exact) mass is 403 g/mol. The van der Waals surface area contributed by atoms with Crippen molar-refractivity contribution in [2.75, 3.05) is 50.5 Å². The molecule has 148 valence electrons. The predicted octanol–water partition coefficient (Wildman–Crippen LogP) is 2.44. The average Bonchev–Trinajstić information content (AvgIpc) is 2.72. The van der Waals surface area contributed by atoms with Gasteiger partial charge in [0.05, 0.1) is 12.7 Å². The molecule has 1 fully saturated rings. The molecule has 0 saturated carbocycles. The zero-order valence-corrected chi connectivity index (χ0v) is 16.3. The van der Waals surface area contributed by atoms with Gasteiger partial charge in [-0.25, -0.2) is 4.79 Å². The van der Waals surface area contributed by atoms with Crippen LogP contribution in [0.2, 0.25) is 5.02 Å². The van der Waals surface area contributed by atoms with E-state index in [1.807, 2.05) is 24.3 Å². The van der Waals surface area contributed by atoms with Crippen molar-refractivity contribution in [2.45, 2.75) is 0 Å². The average molecular weight is 404 g/mol. The van der Waals surface area contributed by atoms with Crippen LogP contribution in [0.5, 0.6) is 5.75 Å². The molecule has 1 aliphatic heterocycles. The second-order valence-electron chi connectivity index (χ2n) is 6.37. The van der Waals surface area contributed by atoms with Gasteiger partial charge in [0, 0.05) is 42.6 Å². The van der Waals surface area contributed by atoms with E-state index in [0.29, 0.717) is 31.2 Å². The third-order valence-corrected chi connectivity index (χ3v) is 4.87. The first-order chi connectivity index (χ1) is 13.5. The number of esters is 1. The standard InChI is InChI=1S/C20H22ClN3O4/c1-27-16-5-3-15(4-6-16)23-8-10-24(11-9-23)19(25)13-28-20(26)17-7-2-14(21)12-18(17)22/h2-7,12H,8-11,13,22H2,1H3. The van der Waals surface area contributed by atoms with E-state index in [0.717, 1.165) is 11.4 Å². The Morgan fingerprint density at radius 2 is 1.75 bits per heavy atom. The number of carbonyl (C=O) groups is 2. The fraction of sp³-hybridized carbons (Fsp3) is 0.300. The summed E-state index contributed by atoms with van der Waals surface area (Å²) >= 11 is 5.82. The van der Waals surface area contributed by atoms with Gasteiger partial charge in [-0.2, -0.15) is 0 Å². The highest BCUT2D eigenvalue weighted by atomic mass is 35.5. The number of nitrogens with zero attached hydrogens (tertiary/aromatic N) is 2. The van der Waals surface area contributed by atoms with Crippen LogP contribution in [0.1, 0.15) is 10.4 Å². The summed E-state index contributed by atoms with van der Waals surface area (Å²) < 4.78 is 10.3. The molecule has 2 aromatic carbocycles. The van der Waals surface area contributed by atoms with E-state index in [9.17, 15) is 9.59 Å². The van der Waals surface area contributed by atoms with Crippen LogP contribution >= 0.6 is 11.6 Å². The number of hydrogen-bond acceptors (Lipinski definition) is 6. The number of benzene rings is 2. The molecular weight excluding hydrogens is 382 g/mol. The Kier molecular flexibility index (Phi) is 6.26. The lowest BCUT2D eigenvalue weighted by molar-refractivity contribution is -0.134. The van der Waals surface area contributed by atoms with Gasteiger partial charge in [0.25, 0.3) is 5.91 Å². The number of nitrogens with two attached hydrogens (primary N) is 1. The third-order valence-electron chi connectivity index (χ3n) is 4.63. The van der Waals surface area contributed by atoms with E-state index in [4.69, 9.17) is 26.8 Å². The molecule has 1 heterocycles. The zero-order valence-electron chi connectivity index (χ0n) is 15.6. The quantitative estimate of drug-likeness (QED) is 0.609. The van der Waals surface area contributed by atoms with Crippen LogP contribution in [0.15, 0.2) is 42.5 Å². The Labute approximate surface area is 168 Å². The van der Waals surface area contributed by atoms with Crippen LogP contribution in [-0.2, 0) is 9.53 Å². The van der Waals surface area contributed by atoms with Crippen molar-refractivity contribution in [3.05, 3.63) is 53.1 Å². The maximum absolute atomic E-state index is 12.4. The molecule has 0 spiro atoms. The molecule has 0 radical (unpaired) electrons. The minimum atomic E-state index is -0.639. The van der Waals surface area contributed by atoms with Gasteiger partial charge in [0.15, 0.2) is 6.61 Å². The largest absolute Gasteiger partial charge is 0.497 e. The van der Waals surface area contributed by atoms with E-state index in [-0.39, 0.29) is 23.8 Å². The maximum Gasteiger partial charge on any atom is 0.340 e. The Morgan fingerprint density at radius 3 is 2.36 bits per heavy atom. The highest BCUT2D eigenvalue weighted by molar-refractivity contribution is 6.31. The van der Waals surface area contributed by atoms with Crippen molar-refractivity contribution in [3.63, 3.8) is 0 Å². The van der Waals surface area contributed by atoms with Crippen LogP contribution in [0.4, 0.5) is 11.4 Å². The van der Waals surface area contributed by atoms with Gasteiger partial charge in [-0.1, -0.05) is 11.6 Å². The molecular formula is C20H22ClN3O4. The molecule has 0 aromatic heterocycles. The number of anilines is 2. The Hall–Kier alpha value is -2.93. The molecule has 1 aliphatic rings. The number of carbonyl (C=O) groups excluding carboxylic acids is 2. The van der Waals surface area contributed by atoms with E-state index in [1.165, 1.54) is 12.1 Å². The van der Waals surface area contributed by atoms with Crippen molar-refractivity contribution in [1.82, 2.24) is 4.90 Å². The number of hydrogen-bond donors (Lipinski definition) is 1. The first-order valence-corrected chi connectivity index (χ1v) is 9.24. The second kappa shape index (κ2) is 8.84. The van der Waals surface area contributed by atoms with E-state index in [2.05, 4.69) is 4.90 Å². The summed E-state index contributed by atoms with van der Waals surface area (Å²) in [6, 6.07) is 12.3. The van der Waals surface area contributed by atoms with Crippen molar-refractivity contribution in [3.8, 4) is 5.75 Å². The topological polar surface area (TPSA) is 85.1 Å². The number of nitrogen functional groups attached to an aromatic ring is 1. The van der Waals surface area contributed by atoms with Gasteiger partial charge >= 0.3 is 5.97 Å². The molecule has 0 aliphatic carbocycles. The van der Waals surface area contributed by atoms with Crippen LogP contribution in [0.25, 0.3) is 0 Å². The number of halogens is 1. The van der Waals surface area contributed by atoms with Gasteiger partial charge in [0.2, 0.25) is 0 Å². The molecule has 0 atom stereocenters. The Bertz CT molecular complexity index is 849. The van der Waals surface area contributed by atoms with E-state index < -0.39 is 5.97 Å².